The fraction of sp³-hybridized carbons (Fsp3) is 0.909. The molecule has 0 saturated heterocycles. The van der Waals surface area contributed by atoms with Gasteiger partial charge in [0.1, 0.15) is 11.0 Å². The van der Waals surface area contributed by atoms with Crippen LogP contribution in [0.25, 0.3) is 0 Å². The van der Waals surface area contributed by atoms with E-state index < -0.39 is 11.0 Å². The van der Waals surface area contributed by atoms with Crippen molar-refractivity contribution in [1.29, 1.82) is 0 Å². The van der Waals surface area contributed by atoms with E-state index in [1.165, 1.54) is 25.7 Å². The summed E-state index contributed by atoms with van der Waals surface area (Å²) in [6.45, 7) is 8.02. The minimum absolute atomic E-state index is 0.222. The lowest BCUT2D eigenvalue weighted by Crippen LogP contribution is -2.19. The lowest BCUT2D eigenvalue weighted by Gasteiger charge is -2.12. The van der Waals surface area contributed by atoms with Crippen molar-refractivity contribution in [2.24, 2.45) is 4.40 Å². The molecule has 0 aliphatic heterocycles. The van der Waals surface area contributed by atoms with E-state index in [9.17, 15) is 4.21 Å². The van der Waals surface area contributed by atoms with E-state index in [-0.39, 0.29) is 4.75 Å². The third-order valence-electron chi connectivity index (χ3n) is 1.88. The average Bonchev–Trinajstić information content (AvgIpc) is 2.09. The molecule has 0 aliphatic carbocycles. The van der Waals surface area contributed by atoms with Gasteiger partial charge >= 0.3 is 0 Å². The molecule has 0 aromatic carbocycles. The fourth-order valence-electron chi connectivity index (χ4n) is 0.941. The second-order valence-electron chi connectivity index (χ2n) is 4.50. The number of hydrogen-bond acceptors (Lipinski definition) is 1. The number of unbranched alkanes of at least 4 members (excludes halogenated alkanes) is 4. The van der Waals surface area contributed by atoms with E-state index in [0.717, 1.165) is 6.42 Å². The first kappa shape index (κ1) is 13.8. The molecule has 0 aromatic rings. The fourth-order valence-corrected chi connectivity index (χ4v) is 1.50. The highest BCUT2D eigenvalue weighted by molar-refractivity contribution is 7.85. The summed E-state index contributed by atoms with van der Waals surface area (Å²) in [5, 5.41) is 0. The zero-order valence-corrected chi connectivity index (χ0v) is 10.7. The first-order valence-corrected chi connectivity index (χ1v) is 6.53. The summed E-state index contributed by atoms with van der Waals surface area (Å²) in [7, 11) is -1.08. The largest absolute Gasteiger partial charge is 0.234 e. The maximum Gasteiger partial charge on any atom is 0.144 e. The van der Waals surface area contributed by atoms with E-state index in [1.54, 1.807) is 0 Å². The van der Waals surface area contributed by atoms with Crippen LogP contribution >= 0.6 is 0 Å². The first-order chi connectivity index (χ1) is 6.48. The maximum absolute atomic E-state index is 11.5. The van der Waals surface area contributed by atoms with Gasteiger partial charge in [-0.1, -0.05) is 26.2 Å². The van der Waals surface area contributed by atoms with Gasteiger partial charge in [0.2, 0.25) is 0 Å². The summed E-state index contributed by atoms with van der Waals surface area (Å²) in [6, 6.07) is 0. The molecule has 0 fully saturated rings. The Bertz CT molecular complexity index is 194. The summed E-state index contributed by atoms with van der Waals surface area (Å²) in [4.78, 5) is 0. The molecule has 0 saturated carbocycles. The predicted molar refractivity (Wildman–Crippen MR) is 65.1 cm³/mol. The van der Waals surface area contributed by atoms with Crippen LogP contribution in [0.3, 0.4) is 0 Å². The minimum Gasteiger partial charge on any atom is -0.234 e. The van der Waals surface area contributed by atoms with E-state index in [4.69, 9.17) is 0 Å². The third-order valence-corrected chi connectivity index (χ3v) is 3.27. The van der Waals surface area contributed by atoms with Crippen LogP contribution in [0.2, 0.25) is 0 Å². The first-order valence-electron chi connectivity index (χ1n) is 5.43. The molecule has 0 amide bonds. The quantitative estimate of drug-likeness (QED) is 0.494. The van der Waals surface area contributed by atoms with Crippen molar-refractivity contribution >= 4 is 17.2 Å². The van der Waals surface area contributed by atoms with Crippen molar-refractivity contribution < 1.29 is 4.21 Å². The second kappa shape index (κ2) is 7.16. The maximum atomic E-state index is 11.5. The van der Waals surface area contributed by atoms with Gasteiger partial charge in [0.15, 0.2) is 0 Å². The molecule has 14 heavy (non-hydrogen) atoms. The standard InChI is InChI=1S/C11H23NOS/c1-5-6-7-8-9-10-12-14(13)11(2,3)4/h10H,5-9H2,1-4H3/b12-10+. The third kappa shape index (κ3) is 7.25. The molecule has 84 valence electrons. The Morgan fingerprint density at radius 3 is 2.36 bits per heavy atom. The molecule has 0 bridgehead atoms. The molecule has 0 heterocycles. The highest BCUT2D eigenvalue weighted by Gasteiger charge is 2.17. The Hall–Kier alpha value is -0.180. The van der Waals surface area contributed by atoms with Crippen LogP contribution in [0.15, 0.2) is 4.40 Å². The Morgan fingerprint density at radius 1 is 1.21 bits per heavy atom. The minimum atomic E-state index is -1.08. The molecular formula is C11H23NOS. The molecule has 0 aliphatic rings. The zero-order chi connectivity index (χ0) is 11.0. The lowest BCUT2D eigenvalue weighted by atomic mass is 10.2. The van der Waals surface area contributed by atoms with Crippen molar-refractivity contribution in [3.8, 4) is 0 Å². The normalized spacial score (nSPS) is 14.9. The van der Waals surface area contributed by atoms with E-state index in [2.05, 4.69) is 11.3 Å². The molecule has 0 radical (unpaired) electrons. The molecular weight excluding hydrogens is 194 g/mol. The molecule has 0 rings (SSSR count). The Morgan fingerprint density at radius 2 is 1.86 bits per heavy atom. The Kier molecular flexibility index (Phi) is 7.06. The smallest absolute Gasteiger partial charge is 0.144 e. The average molecular weight is 217 g/mol. The monoisotopic (exact) mass is 217 g/mol. The van der Waals surface area contributed by atoms with Gasteiger partial charge in [0, 0.05) is 6.21 Å². The van der Waals surface area contributed by atoms with Crippen LogP contribution in [-0.4, -0.2) is 15.2 Å². The zero-order valence-electron chi connectivity index (χ0n) is 9.88. The van der Waals surface area contributed by atoms with Gasteiger partial charge in [-0.25, -0.2) is 4.21 Å². The van der Waals surface area contributed by atoms with Crippen molar-refractivity contribution in [2.45, 2.75) is 64.5 Å². The highest BCUT2D eigenvalue weighted by Crippen LogP contribution is 2.11. The summed E-state index contributed by atoms with van der Waals surface area (Å²) in [5.74, 6) is 0. The van der Waals surface area contributed by atoms with Gasteiger partial charge in [-0.3, -0.25) is 0 Å². The van der Waals surface area contributed by atoms with Gasteiger partial charge in [-0.2, -0.15) is 4.40 Å². The van der Waals surface area contributed by atoms with E-state index in [1.807, 2.05) is 27.0 Å². The summed E-state index contributed by atoms with van der Waals surface area (Å²) >= 11 is 0. The molecule has 1 unspecified atom stereocenters. The van der Waals surface area contributed by atoms with Gasteiger partial charge in [0.25, 0.3) is 0 Å². The van der Waals surface area contributed by atoms with Crippen molar-refractivity contribution in [3.05, 3.63) is 0 Å². The molecule has 3 heteroatoms. The van der Waals surface area contributed by atoms with Crippen molar-refractivity contribution in [2.75, 3.05) is 0 Å². The molecule has 2 nitrogen and oxygen atoms in total. The number of hydrogen-bond donors (Lipinski definition) is 0. The van der Waals surface area contributed by atoms with Gasteiger partial charge in [-0.05, 0) is 33.6 Å². The summed E-state index contributed by atoms with van der Waals surface area (Å²) in [6.07, 6.45) is 7.74. The van der Waals surface area contributed by atoms with Crippen LogP contribution in [0.5, 0.6) is 0 Å². The van der Waals surface area contributed by atoms with Crippen LogP contribution in [0.1, 0.15) is 59.8 Å². The van der Waals surface area contributed by atoms with E-state index in [0.29, 0.717) is 0 Å². The van der Waals surface area contributed by atoms with Crippen LogP contribution < -0.4 is 0 Å². The Balaban J connectivity index is 3.58. The van der Waals surface area contributed by atoms with Crippen LogP contribution in [0, 0.1) is 0 Å². The molecule has 1 atom stereocenters. The summed E-state index contributed by atoms with van der Waals surface area (Å²) in [5.41, 5.74) is 0. The lowest BCUT2D eigenvalue weighted by molar-refractivity contribution is 0.650. The van der Waals surface area contributed by atoms with Crippen molar-refractivity contribution in [3.63, 3.8) is 0 Å². The van der Waals surface area contributed by atoms with E-state index >= 15 is 0 Å². The van der Waals surface area contributed by atoms with Crippen LogP contribution in [-0.2, 0) is 11.0 Å². The van der Waals surface area contributed by atoms with Gasteiger partial charge in [0.05, 0.1) is 4.75 Å². The molecule has 0 spiro atoms. The van der Waals surface area contributed by atoms with Crippen LogP contribution in [0.4, 0.5) is 0 Å². The summed E-state index contributed by atoms with van der Waals surface area (Å²) < 4.78 is 15.3. The Labute approximate surface area is 90.8 Å². The predicted octanol–water partition coefficient (Wildman–Crippen LogP) is 3.49. The highest BCUT2D eigenvalue weighted by atomic mass is 32.2. The topological polar surface area (TPSA) is 29.4 Å². The number of nitrogens with zero attached hydrogens (tertiary/aromatic N) is 1. The van der Waals surface area contributed by atoms with Gasteiger partial charge < -0.3 is 0 Å². The second-order valence-corrected chi connectivity index (χ2v) is 6.43. The SMILES string of the molecule is CCCCCC/C=N/S(=O)C(C)(C)C. The number of rotatable bonds is 6. The molecule has 0 aromatic heterocycles. The molecule has 0 N–H and O–H groups in total. The van der Waals surface area contributed by atoms with Crippen molar-refractivity contribution in [1.82, 2.24) is 0 Å². The van der Waals surface area contributed by atoms with Gasteiger partial charge in [-0.15, -0.1) is 0 Å².